The van der Waals surface area contributed by atoms with E-state index in [1.54, 1.807) is 18.9 Å². The third-order valence-corrected chi connectivity index (χ3v) is 5.15. The highest BCUT2D eigenvalue weighted by Crippen LogP contribution is 2.35. The Hall–Kier alpha value is -2.54. The van der Waals surface area contributed by atoms with E-state index in [1.165, 1.54) is 6.42 Å². The van der Waals surface area contributed by atoms with Crippen LogP contribution >= 0.6 is 0 Å². The molecule has 26 heavy (non-hydrogen) atoms. The van der Waals surface area contributed by atoms with Gasteiger partial charge < -0.3 is 19.4 Å². The molecule has 3 heterocycles. The zero-order chi connectivity index (χ0) is 18.1. The summed E-state index contributed by atoms with van der Waals surface area (Å²) in [4.78, 5) is 10.7. The third kappa shape index (κ3) is 3.03. The van der Waals surface area contributed by atoms with Crippen molar-refractivity contribution in [2.75, 3.05) is 38.8 Å². The Morgan fingerprint density at radius 3 is 2.92 bits per heavy atom. The fourth-order valence-electron chi connectivity index (χ4n) is 3.71. The molecule has 0 radical (unpaired) electrons. The number of anilines is 1. The monoisotopic (exact) mass is 355 g/mol. The van der Waals surface area contributed by atoms with E-state index in [2.05, 4.69) is 15.0 Å². The van der Waals surface area contributed by atoms with Gasteiger partial charge in [0.1, 0.15) is 16.8 Å². The van der Waals surface area contributed by atoms with Crippen LogP contribution in [0.15, 0.2) is 24.5 Å². The summed E-state index contributed by atoms with van der Waals surface area (Å²) in [6, 6.07) is 4.03. The van der Waals surface area contributed by atoms with Crippen molar-refractivity contribution in [3.63, 3.8) is 0 Å². The van der Waals surface area contributed by atoms with Crippen molar-refractivity contribution in [2.24, 2.45) is 13.0 Å². The first-order valence-electron chi connectivity index (χ1n) is 8.99. The number of hydrogen-bond donors (Lipinski definition) is 1. The van der Waals surface area contributed by atoms with E-state index < -0.39 is 0 Å². The maximum Gasteiger partial charge on any atom is 0.203 e. The van der Waals surface area contributed by atoms with Crippen LogP contribution in [0, 0.1) is 5.92 Å². The quantitative estimate of drug-likeness (QED) is 0.736. The Morgan fingerprint density at radius 2 is 2.19 bits per heavy atom. The number of aromatic nitrogens is 4. The summed E-state index contributed by atoms with van der Waals surface area (Å²) in [5.74, 6) is 2.37. The van der Waals surface area contributed by atoms with E-state index in [9.17, 15) is 0 Å². The normalized spacial score (nSPS) is 17.3. The SMILES string of the molecule is COCC[C@H]1CCN(c2nc3c(-c4cnn(C)c4)ccc(OC)c3[nH]2)C1. The molecule has 0 spiro atoms. The fourth-order valence-corrected chi connectivity index (χ4v) is 3.71. The molecule has 1 aromatic carbocycles. The molecule has 1 atom stereocenters. The summed E-state index contributed by atoms with van der Waals surface area (Å²) >= 11 is 0. The number of aromatic amines is 1. The van der Waals surface area contributed by atoms with E-state index in [4.69, 9.17) is 14.5 Å². The number of nitrogens with one attached hydrogen (secondary N) is 1. The lowest BCUT2D eigenvalue weighted by Gasteiger charge is -2.14. The maximum absolute atomic E-state index is 5.55. The van der Waals surface area contributed by atoms with Crippen LogP contribution in [0.4, 0.5) is 5.95 Å². The summed E-state index contributed by atoms with van der Waals surface area (Å²) in [6.45, 7) is 2.84. The first-order valence-corrected chi connectivity index (χ1v) is 8.99. The molecule has 1 aliphatic heterocycles. The van der Waals surface area contributed by atoms with E-state index >= 15 is 0 Å². The third-order valence-electron chi connectivity index (χ3n) is 5.15. The summed E-state index contributed by atoms with van der Waals surface area (Å²) in [5, 5.41) is 4.29. The van der Waals surface area contributed by atoms with Gasteiger partial charge in [-0.3, -0.25) is 4.68 Å². The molecule has 4 rings (SSSR count). The molecule has 0 aliphatic carbocycles. The van der Waals surface area contributed by atoms with Crippen LogP contribution in [0.1, 0.15) is 12.8 Å². The number of nitrogens with zero attached hydrogens (tertiary/aromatic N) is 4. The minimum absolute atomic E-state index is 0.655. The molecule has 0 unspecified atom stereocenters. The predicted molar refractivity (Wildman–Crippen MR) is 102 cm³/mol. The molecule has 138 valence electrons. The summed E-state index contributed by atoms with van der Waals surface area (Å²) < 4.78 is 12.6. The Kier molecular flexibility index (Phi) is 4.55. The van der Waals surface area contributed by atoms with Crippen molar-refractivity contribution in [1.29, 1.82) is 0 Å². The average molecular weight is 355 g/mol. The molecule has 3 aromatic rings. The molecule has 1 N–H and O–H groups in total. The second-order valence-corrected chi connectivity index (χ2v) is 6.88. The standard InChI is InChI=1S/C19H25N5O2/c1-23-12-14(10-20-23)15-4-5-16(26-3)18-17(15)21-19(22-18)24-8-6-13(11-24)7-9-25-2/h4-5,10,12-13H,6-9,11H2,1-3H3,(H,21,22)/t13-/m1/s1. The minimum atomic E-state index is 0.655. The van der Waals surface area contributed by atoms with Gasteiger partial charge in [-0.15, -0.1) is 0 Å². The Labute approximate surface area is 152 Å². The molecule has 2 aromatic heterocycles. The molecule has 0 saturated carbocycles. The van der Waals surface area contributed by atoms with E-state index in [1.807, 2.05) is 31.6 Å². The minimum Gasteiger partial charge on any atom is -0.494 e. The topological polar surface area (TPSA) is 68.2 Å². The number of hydrogen-bond acceptors (Lipinski definition) is 5. The van der Waals surface area contributed by atoms with Crippen molar-refractivity contribution in [3.05, 3.63) is 24.5 Å². The average Bonchev–Trinajstić information content (AvgIpc) is 3.37. The van der Waals surface area contributed by atoms with Gasteiger partial charge >= 0.3 is 0 Å². The molecule has 0 amide bonds. The molecular weight excluding hydrogens is 330 g/mol. The molecule has 1 fully saturated rings. The van der Waals surface area contributed by atoms with Gasteiger partial charge in [0.05, 0.1) is 13.3 Å². The van der Waals surface area contributed by atoms with Crippen LogP contribution in [0.5, 0.6) is 5.75 Å². The van der Waals surface area contributed by atoms with Gasteiger partial charge in [0.15, 0.2) is 0 Å². The van der Waals surface area contributed by atoms with Crippen LogP contribution in [0.25, 0.3) is 22.2 Å². The number of ether oxygens (including phenoxy) is 2. The molecule has 1 saturated heterocycles. The maximum atomic E-state index is 5.55. The van der Waals surface area contributed by atoms with Crippen LogP contribution in [-0.2, 0) is 11.8 Å². The van der Waals surface area contributed by atoms with E-state index in [0.29, 0.717) is 5.92 Å². The first kappa shape index (κ1) is 16.9. The number of H-pyrrole nitrogens is 1. The highest BCUT2D eigenvalue weighted by Gasteiger charge is 2.25. The highest BCUT2D eigenvalue weighted by molar-refractivity contribution is 5.96. The lowest BCUT2D eigenvalue weighted by atomic mass is 10.1. The second-order valence-electron chi connectivity index (χ2n) is 6.88. The summed E-state index contributed by atoms with van der Waals surface area (Å²) in [7, 11) is 5.37. The largest absolute Gasteiger partial charge is 0.494 e. The zero-order valence-corrected chi connectivity index (χ0v) is 15.5. The smallest absolute Gasteiger partial charge is 0.203 e. The number of methoxy groups -OCH3 is 2. The van der Waals surface area contributed by atoms with Gasteiger partial charge in [-0.2, -0.15) is 5.10 Å². The lowest BCUT2D eigenvalue weighted by molar-refractivity contribution is 0.180. The second kappa shape index (κ2) is 6.99. The lowest BCUT2D eigenvalue weighted by Crippen LogP contribution is -2.21. The molecule has 1 aliphatic rings. The van der Waals surface area contributed by atoms with Crippen molar-refractivity contribution in [1.82, 2.24) is 19.7 Å². The number of imidazole rings is 1. The van der Waals surface area contributed by atoms with Crippen LogP contribution in [0.2, 0.25) is 0 Å². The van der Waals surface area contributed by atoms with Gasteiger partial charge in [0.2, 0.25) is 5.95 Å². The Morgan fingerprint density at radius 1 is 1.31 bits per heavy atom. The zero-order valence-electron chi connectivity index (χ0n) is 15.5. The van der Waals surface area contributed by atoms with Crippen molar-refractivity contribution < 1.29 is 9.47 Å². The molecule has 0 bridgehead atoms. The highest BCUT2D eigenvalue weighted by atomic mass is 16.5. The van der Waals surface area contributed by atoms with Crippen molar-refractivity contribution in [3.8, 4) is 16.9 Å². The molecular formula is C19H25N5O2. The molecule has 7 heteroatoms. The Bertz CT molecular complexity index is 901. The van der Waals surface area contributed by atoms with Crippen LogP contribution in [0.3, 0.4) is 0 Å². The molecule has 7 nitrogen and oxygen atoms in total. The van der Waals surface area contributed by atoms with Crippen molar-refractivity contribution >= 4 is 17.0 Å². The van der Waals surface area contributed by atoms with Crippen molar-refractivity contribution in [2.45, 2.75) is 12.8 Å². The van der Waals surface area contributed by atoms with E-state index in [0.717, 1.165) is 60.0 Å². The first-order chi connectivity index (χ1) is 12.7. The van der Waals surface area contributed by atoms with Gasteiger partial charge in [0, 0.05) is 51.2 Å². The van der Waals surface area contributed by atoms with Crippen LogP contribution in [-0.4, -0.2) is 53.7 Å². The van der Waals surface area contributed by atoms with Gasteiger partial charge in [-0.25, -0.2) is 4.98 Å². The van der Waals surface area contributed by atoms with Gasteiger partial charge in [0.25, 0.3) is 0 Å². The predicted octanol–water partition coefficient (Wildman–Crippen LogP) is 2.83. The fraction of sp³-hybridized carbons (Fsp3) is 0.474. The summed E-state index contributed by atoms with van der Waals surface area (Å²) in [6.07, 6.45) is 6.14. The Balaban J connectivity index is 1.69. The van der Waals surface area contributed by atoms with E-state index in [-0.39, 0.29) is 0 Å². The van der Waals surface area contributed by atoms with Crippen LogP contribution < -0.4 is 9.64 Å². The number of aryl methyl sites for hydroxylation is 1. The van der Waals surface area contributed by atoms with Gasteiger partial charge in [-0.05, 0) is 30.9 Å². The number of rotatable bonds is 6. The number of fused-ring (bicyclic) bond motifs is 1. The number of benzene rings is 1. The van der Waals surface area contributed by atoms with Gasteiger partial charge in [-0.1, -0.05) is 0 Å². The summed E-state index contributed by atoms with van der Waals surface area (Å²) in [5.41, 5.74) is 3.97.